The Labute approximate surface area is 89.1 Å². The molecule has 1 aromatic carbocycles. The van der Waals surface area contributed by atoms with Gasteiger partial charge < -0.3 is 5.73 Å². The molecule has 0 saturated carbocycles. The fourth-order valence-electron chi connectivity index (χ4n) is 1.55. The molecule has 2 aromatic rings. The van der Waals surface area contributed by atoms with Crippen LogP contribution in [-0.2, 0) is 6.42 Å². The maximum atomic E-state index is 5.75. The van der Waals surface area contributed by atoms with E-state index in [0.717, 1.165) is 11.9 Å². The molecule has 76 valence electrons. The Kier molecular flexibility index (Phi) is 3.49. The number of nitrogens with two attached hydrogens (primary N) is 1. The number of hydrogen-bond donors (Lipinski definition) is 2. The van der Waals surface area contributed by atoms with Crippen molar-refractivity contribution in [3.05, 3.63) is 30.0 Å². The van der Waals surface area contributed by atoms with Crippen LogP contribution in [0.1, 0.15) is 12.5 Å². The van der Waals surface area contributed by atoms with E-state index in [4.69, 9.17) is 5.73 Å². The molecule has 3 nitrogen and oxygen atoms in total. The molecular formula is C10H14ClN3. The molecule has 3 N–H and O–H groups in total. The highest BCUT2D eigenvalue weighted by Crippen LogP contribution is 2.16. The average Bonchev–Trinajstić information content (AvgIpc) is 2.51. The third-order valence-corrected chi connectivity index (χ3v) is 2.12. The Morgan fingerprint density at radius 1 is 1.50 bits per heavy atom. The summed E-state index contributed by atoms with van der Waals surface area (Å²) < 4.78 is 0. The van der Waals surface area contributed by atoms with Gasteiger partial charge in [-0.2, -0.15) is 5.10 Å². The van der Waals surface area contributed by atoms with Crippen LogP contribution in [0, 0.1) is 0 Å². The highest BCUT2D eigenvalue weighted by atomic mass is 35.5. The molecule has 2 rings (SSSR count). The smallest absolute Gasteiger partial charge is 0.0653 e. The van der Waals surface area contributed by atoms with Crippen LogP contribution in [-0.4, -0.2) is 16.2 Å². The van der Waals surface area contributed by atoms with Crippen LogP contribution in [0.15, 0.2) is 24.4 Å². The van der Waals surface area contributed by atoms with E-state index in [1.807, 2.05) is 25.3 Å². The second-order valence-corrected chi connectivity index (χ2v) is 3.43. The molecule has 4 heteroatoms. The highest BCUT2D eigenvalue weighted by molar-refractivity contribution is 5.85. The lowest BCUT2D eigenvalue weighted by Gasteiger charge is -2.05. The zero-order valence-corrected chi connectivity index (χ0v) is 8.84. The molecule has 14 heavy (non-hydrogen) atoms. The number of rotatable bonds is 2. The minimum Gasteiger partial charge on any atom is -0.328 e. The average molecular weight is 212 g/mol. The minimum atomic E-state index is 0. The number of benzene rings is 1. The van der Waals surface area contributed by atoms with Crippen molar-refractivity contribution in [2.75, 3.05) is 0 Å². The molecule has 0 radical (unpaired) electrons. The summed E-state index contributed by atoms with van der Waals surface area (Å²) in [6, 6.07) is 6.34. The maximum absolute atomic E-state index is 5.75. The summed E-state index contributed by atoms with van der Waals surface area (Å²) in [5.41, 5.74) is 8.10. The third kappa shape index (κ3) is 2.05. The van der Waals surface area contributed by atoms with Gasteiger partial charge >= 0.3 is 0 Å². The summed E-state index contributed by atoms with van der Waals surface area (Å²) in [4.78, 5) is 0. The number of hydrogen-bond acceptors (Lipinski definition) is 2. The largest absolute Gasteiger partial charge is 0.328 e. The second-order valence-electron chi connectivity index (χ2n) is 3.43. The molecule has 0 unspecified atom stereocenters. The highest BCUT2D eigenvalue weighted by Gasteiger charge is 2.03. The first-order valence-corrected chi connectivity index (χ1v) is 4.44. The zero-order chi connectivity index (χ0) is 9.26. The number of nitrogens with zero attached hydrogens (tertiary/aromatic N) is 1. The number of aromatic nitrogens is 2. The van der Waals surface area contributed by atoms with Gasteiger partial charge in [-0.1, -0.05) is 12.1 Å². The van der Waals surface area contributed by atoms with Crippen molar-refractivity contribution >= 4 is 23.3 Å². The summed E-state index contributed by atoms with van der Waals surface area (Å²) in [5, 5.41) is 8.13. The van der Waals surface area contributed by atoms with Crippen LogP contribution in [0.25, 0.3) is 10.9 Å². The molecule has 0 aliphatic heterocycles. The van der Waals surface area contributed by atoms with Crippen LogP contribution < -0.4 is 5.73 Å². The lowest BCUT2D eigenvalue weighted by Crippen LogP contribution is -2.17. The lowest BCUT2D eigenvalue weighted by atomic mass is 10.0. The van der Waals surface area contributed by atoms with Crippen molar-refractivity contribution in [1.29, 1.82) is 0 Å². The Morgan fingerprint density at radius 3 is 3.00 bits per heavy atom. The Balaban J connectivity index is 0.000000980. The first-order valence-electron chi connectivity index (χ1n) is 4.44. The molecular weight excluding hydrogens is 198 g/mol. The molecule has 0 saturated heterocycles. The standard InChI is InChI=1S/C10H13N3.ClH/c1-7(11)5-8-3-2-4-10-9(8)6-12-13-10;/h2-4,6-7H,5,11H2,1H3,(H,12,13);1H/t7-;/m1./s1. The van der Waals surface area contributed by atoms with Gasteiger partial charge in [-0.15, -0.1) is 12.4 Å². The number of H-pyrrole nitrogens is 1. The monoisotopic (exact) mass is 211 g/mol. The van der Waals surface area contributed by atoms with Crippen LogP contribution in [0.4, 0.5) is 0 Å². The normalized spacial score (nSPS) is 12.4. The van der Waals surface area contributed by atoms with E-state index in [-0.39, 0.29) is 18.4 Å². The predicted octanol–water partition coefficient (Wildman–Crippen LogP) is 1.87. The summed E-state index contributed by atoms with van der Waals surface area (Å²) in [6.45, 7) is 2.01. The van der Waals surface area contributed by atoms with Gasteiger partial charge in [0.25, 0.3) is 0 Å². The summed E-state index contributed by atoms with van der Waals surface area (Å²) in [7, 11) is 0. The van der Waals surface area contributed by atoms with E-state index in [0.29, 0.717) is 0 Å². The number of nitrogens with one attached hydrogen (secondary N) is 1. The summed E-state index contributed by atoms with van der Waals surface area (Å²) in [6.07, 6.45) is 2.75. The van der Waals surface area contributed by atoms with Gasteiger partial charge in [-0.25, -0.2) is 0 Å². The molecule has 1 aromatic heterocycles. The SMILES string of the molecule is C[C@@H](N)Cc1cccc2[nH]ncc12.Cl. The molecule has 0 fully saturated rings. The van der Waals surface area contributed by atoms with Crippen LogP contribution >= 0.6 is 12.4 Å². The topological polar surface area (TPSA) is 54.7 Å². The lowest BCUT2D eigenvalue weighted by molar-refractivity contribution is 0.742. The number of fused-ring (bicyclic) bond motifs is 1. The van der Waals surface area contributed by atoms with E-state index >= 15 is 0 Å². The third-order valence-electron chi connectivity index (χ3n) is 2.12. The van der Waals surface area contributed by atoms with Crippen molar-refractivity contribution in [2.45, 2.75) is 19.4 Å². The minimum absolute atomic E-state index is 0. The fourth-order valence-corrected chi connectivity index (χ4v) is 1.55. The van der Waals surface area contributed by atoms with Crippen molar-refractivity contribution < 1.29 is 0 Å². The first-order chi connectivity index (χ1) is 6.27. The maximum Gasteiger partial charge on any atom is 0.0653 e. The van der Waals surface area contributed by atoms with Crippen molar-refractivity contribution in [2.24, 2.45) is 5.73 Å². The summed E-state index contributed by atoms with van der Waals surface area (Å²) in [5.74, 6) is 0. The molecule has 0 bridgehead atoms. The van der Waals surface area contributed by atoms with E-state index in [1.54, 1.807) is 0 Å². The van der Waals surface area contributed by atoms with Gasteiger partial charge in [-0.05, 0) is 25.0 Å². The molecule has 0 aliphatic carbocycles. The quantitative estimate of drug-likeness (QED) is 0.797. The Bertz CT molecular complexity index is 408. The Morgan fingerprint density at radius 2 is 2.29 bits per heavy atom. The van der Waals surface area contributed by atoms with Gasteiger partial charge in [0.2, 0.25) is 0 Å². The predicted molar refractivity (Wildman–Crippen MR) is 60.7 cm³/mol. The van der Waals surface area contributed by atoms with Crippen molar-refractivity contribution in [3.63, 3.8) is 0 Å². The molecule has 0 spiro atoms. The van der Waals surface area contributed by atoms with Crippen LogP contribution in [0.5, 0.6) is 0 Å². The molecule has 0 aliphatic rings. The second kappa shape index (κ2) is 4.44. The number of halogens is 1. The van der Waals surface area contributed by atoms with Gasteiger partial charge in [0.15, 0.2) is 0 Å². The molecule has 0 amide bonds. The van der Waals surface area contributed by atoms with E-state index < -0.39 is 0 Å². The molecule has 1 heterocycles. The zero-order valence-electron chi connectivity index (χ0n) is 8.03. The van der Waals surface area contributed by atoms with E-state index in [2.05, 4.69) is 16.3 Å². The van der Waals surface area contributed by atoms with E-state index in [1.165, 1.54) is 10.9 Å². The van der Waals surface area contributed by atoms with Gasteiger partial charge in [0.1, 0.15) is 0 Å². The first kappa shape index (κ1) is 11.0. The van der Waals surface area contributed by atoms with E-state index in [9.17, 15) is 0 Å². The number of aromatic amines is 1. The van der Waals surface area contributed by atoms with Crippen LogP contribution in [0.3, 0.4) is 0 Å². The Hall–Kier alpha value is -1.06. The van der Waals surface area contributed by atoms with Crippen molar-refractivity contribution in [3.8, 4) is 0 Å². The van der Waals surface area contributed by atoms with Gasteiger partial charge in [-0.3, -0.25) is 5.10 Å². The summed E-state index contributed by atoms with van der Waals surface area (Å²) >= 11 is 0. The van der Waals surface area contributed by atoms with Crippen molar-refractivity contribution in [1.82, 2.24) is 10.2 Å². The van der Waals surface area contributed by atoms with Crippen LogP contribution in [0.2, 0.25) is 0 Å². The molecule has 1 atom stereocenters. The van der Waals surface area contributed by atoms with Gasteiger partial charge in [0.05, 0.1) is 11.7 Å². The fraction of sp³-hybridized carbons (Fsp3) is 0.300. The van der Waals surface area contributed by atoms with Gasteiger partial charge in [0, 0.05) is 11.4 Å².